The SMILES string of the molecule is Cc1nnc(Nc2cncc(CC(NC(=O)OC(C)(C)C)C(=O)O)c2)nn1. The number of alkyl carbamates (subject to hydrolysis) is 1. The maximum atomic E-state index is 11.8. The van der Waals surface area contributed by atoms with Crippen LogP contribution in [0.25, 0.3) is 0 Å². The van der Waals surface area contributed by atoms with Gasteiger partial charge in [-0.3, -0.25) is 4.98 Å². The van der Waals surface area contributed by atoms with Crippen molar-refractivity contribution in [1.82, 2.24) is 30.7 Å². The lowest BCUT2D eigenvalue weighted by atomic mass is 10.1. The van der Waals surface area contributed by atoms with Crippen LogP contribution in [0.5, 0.6) is 0 Å². The Morgan fingerprint density at radius 3 is 2.44 bits per heavy atom. The van der Waals surface area contributed by atoms with Gasteiger partial charge in [0.05, 0.1) is 11.9 Å². The van der Waals surface area contributed by atoms with Crippen LogP contribution in [0.3, 0.4) is 0 Å². The van der Waals surface area contributed by atoms with E-state index < -0.39 is 23.7 Å². The fraction of sp³-hybridized carbons (Fsp3) is 0.438. The number of carbonyl (C=O) groups is 2. The molecule has 0 bridgehead atoms. The molecule has 0 saturated heterocycles. The predicted molar refractivity (Wildman–Crippen MR) is 94.4 cm³/mol. The summed E-state index contributed by atoms with van der Waals surface area (Å²) in [5.74, 6) is -0.569. The Labute approximate surface area is 155 Å². The molecule has 11 heteroatoms. The van der Waals surface area contributed by atoms with E-state index in [0.29, 0.717) is 17.1 Å². The summed E-state index contributed by atoms with van der Waals surface area (Å²) in [6, 6.07) is 0.499. The van der Waals surface area contributed by atoms with Gasteiger partial charge >= 0.3 is 12.1 Å². The van der Waals surface area contributed by atoms with Gasteiger partial charge in [-0.25, -0.2) is 9.59 Å². The van der Waals surface area contributed by atoms with E-state index in [9.17, 15) is 14.7 Å². The van der Waals surface area contributed by atoms with Crippen molar-refractivity contribution in [3.63, 3.8) is 0 Å². The van der Waals surface area contributed by atoms with Gasteiger partial charge in [-0.2, -0.15) is 0 Å². The van der Waals surface area contributed by atoms with Crippen LogP contribution in [0.15, 0.2) is 18.5 Å². The van der Waals surface area contributed by atoms with Gasteiger partial charge in [0.1, 0.15) is 11.6 Å². The average Bonchev–Trinajstić information content (AvgIpc) is 2.55. The Hall–Kier alpha value is -3.37. The number of aryl methyl sites for hydroxylation is 1. The van der Waals surface area contributed by atoms with Crippen LogP contribution in [0, 0.1) is 6.92 Å². The van der Waals surface area contributed by atoms with Crippen LogP contribution < -0.4 is 10.6 Å². The molecule has 1 amide bonds. The molecule has 0 fully saturated rings. The minimum Gasteiger partial charge on any atom is -0.480 e. The summed E-state index contributed by atoms with van der Waals surface area (Å²) < 4.78 is 5.10. The first-order chi connectivity index (χ1) is 12.6. The molecular formula is C16H21N7O4. The fourth-order valence-electron chi connectivity index (χ4n) is 2.01. The van der Waals surface area contributed by atoms with Crippen LogP contribution in [-0.4, -0.2) is 54.2 Å². The largest absolute Gasteiger partial charge is 0.480 e. The Morgan fingerprint density at radius 2 is 1.85 bits per heavy atom. The molecule has 0 radical (unpaired) electrons. The molecule has 2 aromatic rings. The Balaban J connectivity index is 2.06. The zero-order valence-electron chi connectivity index (χ0n) is 15.4. The molecular weight excluding hydrogens is 354 g/mol. The number of hydrogen-bond donors (Lipinski definition) is 3. The number of pyridine rings is 1. The summed E-state index contributed by atoms with van der Waals surface area (Å²) in [5, 5.41) is 29.8. The van der Waals surface area contributed by atoms with Crippen LogP contribution in [0.4, 0.5) is 16.4 Å². The lowest BCUT2D eigenvalue weighted by Gasteiger charge is -2.22. The fourth-order valence-corrected chi connectivity index (χ4v) is 2.01. The molecule has 0 saturated carbocycles. The maximum Gasteiger partial charge on any atom is 0.408 e. The van der Waals surface area contributed by atoms with E-state index in [1.165, 1.54) is 12.4 Å². The molecule has 1 atom stereocenters. The number of nitrogens with zero attached hydrogens (tertiary/aromatic N) is 5. The maximum absolute atomic E-state index is 11.8. The van der Waals surface area contributed by atoms with E-state index in [-0.39, 0.29) is 12.4 Å². The summed E-state index contributed by atoms with van der Waals surface area (Å²) in [6.07, 6.45) is 2.23. The standard InChI is InChI=1S/C16H21N7O4/c1-9-20-22-14(23-21-9)18-11-5-10(7-17-8-11)6-12(13(24)25)19-15(26)27-16(2,3)4/h5,7-8,12H,6H2,1-4H3,(H,19,26)(H,24,25)(H,18,22,23). The van der Waals surface area contributed by atoms with Gasteiger partial charge in [0.15, 0.2) is 5.82 Å². The van der Waals surface area contributed by atoms with E-state index >= 15 is 0 Å². The Morgan fingerprint density at radius 1 is 1.19 bits per heavy atom. The van der Waals surface area contributed by atoms with Crippen LogP contribution in [0.1, 0.15) is 32.2 Å². The van der Waals surface area contributed by atoms with E-state index in [1.54, 1.807) is 33.8 Å². The molecule has 27 heavy (non-hydrogen) atoms. The van der Waals surface area contributed by atoms with Crippen molar-refractivity contribution in [3.05, 3.63) is 29.8 Å². The first-order valence-corrected chi connectivity index (χ1v) is 8.09. The average molecular weight is 375 g/mol. The number of nitrogens with one attached hydrogen (secondary N) is 2. The number of rotatable bonds is 6. The predicted octanol–water partition coefficient (Wildman–Crippen LogP) is 1.23. The molecule has 2 heterocycles. The molecule has 11 nitrogen and oxygen atoms in total. The normalized spacial score (nSPS) is 12.1. The van der Waals surface area contributed by atoms with E-state index in [4.69, 9.17) is 4.74 Å². The van der Waals surface area contributed by atoms with Crippen molar-refractivity contribution >= 4 is 23.7 Å². The third kappa shape index (κ3) is 6.80. The molecule has 0 aliphatic rings. The van der Waals surface area contributed by atoms with Gasteiger partial charge in [-0.05, 0) is 39.3 Å². The zero-order chi connectivity index (χ0) is 20.0. The van der Waals surface area contributed by atoms with Crippen molar-refractivity contribution in [1.29, 1.82) is 0 Å². The number of hydrogen-bond acceptors (Lipinski definition) is 9. The van der Waals surface area contributed by atoms with E-state index in [1.807, 2.05) is 0 Å². The number of amides is 1. The highest BCUT2D eigenvalue weighted by Gasteiger charge is 2.24. The highest BCUT2D eigenvalue weighted by atomic mass is 16.6. The molecule has 2 rings (SSSR count). The van der Waals surface area contributed by atoms with Crippen LogP contribution in [-0.2, 0) is 16.0 Å². The molecule has 144 valence electrons. The Bertz CT molecular complexity index is 805. The lowest BCUT2D eigenvalue weighted by Crippen LogP contribution is -2.44. The van der Waals surface area contributed by atoms with Gasteiger partial charge < -0.3 is 20.5 Å². The smallest absolute Gasteiger partial charge is 0.408 e. The first kappa shape index (κ1) is 19.9. The number of ether oxygens (including phenoxy) is 1. The van der Waals surface area contributed by atoms with Gasteiger partial charge in [0.25, 0.3) is 5.95 Å². The van der Waals surface area contributed by atoms with E-state index in [2.05, 4.69) is 36.0 Å². The monoisotopic (exact) mass is 375 g/mol. The topological polar surface area (TPSA) is 152 Å². The van der Waals surface area contributed by atoms with E-state index in [0.717, 1.165) is 0 Å². The number of anilines is 2. The third-order valence-electron chi connectivity index (χ3n) is 3.06. The van der Waals surface area contributed by atoms with Gasteiger partial charge in [0.2, 0.25) is 0 Å². The molecule has 0 aromatic carbocycles. The van der Waals surface area contributed by atoms with Gasteiger partial charge in [-0.1, -0.05) is 0 Å². The lowest BCUT2D eigenvalue weighted by molar-refractivity contribution is -0.139. The van der Waals surface area contributed by atoms with Crippen molar-refractivity contribution < 1.29 is 19.4 Å². The molecule has 0 aliphatic carbocycles. The first-order valence-electron chi connectivity index (χ1n) is 8.09. The van der Waals surface area contributed by atoms with Gasteiger partial charge in [0, 0.05) is 12.6 Å². The number of carbonyl (C=O) groups excluding carboxylic acids is 1. The van der Waals surface area contributed by atoms with Crippen molar-refractivity contribution in [3.8, 4) is 0 Å². The quantitative estimate of drug-likeness (QED) is 0.672. The summed E-state index contributed by atoms with van der Waals surface area (Å²) in [6.45, 7) is 6.74. The van der Waals surface area contributed by atoms with Crippen LogP contribution in [0.2, 0.25) is 0 Å². The van der Waals surface area contributed by atoms with Crippen molar-refractivity contribution in [2.24, 2.45) is 0 Å². The second kappa shape index (κ2) is 8.34. The minimum absolute atomic E-state index is 0.0162. The third-order valence-corrected chi connectivity index (χ3v) is 3.06. The van der Waals surface area contributed by atoms with Gasteiger partial charge in [-0.15, -0.1) is 20.4 Å². The number of aromatic nitrogens is 5. The second-order valence-electron chi connectivity index (χ2n) is 6.72. The summed E-state index contributed by atoms with van der Waals surface area (Å²) in [7, 11) is 0. The summed E-state index contributed by atoms with van der Waals surface area (Å²) in [4.78, 5) is 27.4. The van der Waals surface area contributed by atoms with Crippen molar-refractivity contribution in [2.75, 3.05) is 5.32 Å². The highest BCUT2D eigenvalue weighted by molar-refractivity contribution is 5.80. The minimum atomic E-state index is -1.19. The zero-order valence-corrected chi connectivity index (χ0v) is 15.4. The summed E-state index contributed by atoms with van der Waals surface area (Å²) >= 11 is 0. The van der Waals surface area contributed by atoms with Crippen LogP contribution >= 0.6 is 0 Å². The number of carboxylic acid groups (broad SMARTS) is 1. The number of aliphatic carboxylic acids is 1. The Kier molecular flexibility index (Phi) is 6.16. The molecule has 3 N–H and O–H groups in total. The molecule has 0 aliphatic heterocycles. The highest BCUT2D eigenvalue weighted by Crippen LogP contribution is 2.14. The molecule has 0 spiro atoms. The second-order valence-corrected chi connectivity index (χ2v) is 6.72. The molecule has 2 aromatic heterocycles. The summed E-state index contributed by atoms with van der Waals surface area (Å²) in [5.41, 5.74) is 0.382. The number of carboxylic acids is 1. The van der Waals surface area contributed by atoms with Crippen molar-refractivity contribution in [2.45, 2.75) is 45.8 Å². The molecule has 1 unspecified atom stereocenters.